The summed E-state index contributed by atoms with van der Waals surface area (Å²) in [6.45, 7) is 5.97. The van der Waals surface area contributed by atoms with E-state index < -0.39 is 22.6 Å². The number of benzene rings is 1. The molecule has 5 heteroatoms. The second kappa shape index (κ2) is 8.96. The smallest absolute Gasteiger partial charge is 0.291 e. The molecule has 1 atom stereocenters. The number of hydrogen-bond acceptors (Lipinski definition) is 3. The Labute approximate surface area is 168 Å². The number of ketones is 1. The molecule has 0 aliphatic carbocycles. The highest BCUT2D eigenvalue weighted by atomic mass is 32.1. The summed E-state index contributed by atoms with van der Waals surface area (Å²) in [5, 5.41) is 10.3. The van der Waals surface area contributed by atoms with Crippen molar-refractivity contribution >= 4 is 29.0 Å². The Kier molecular flexibility index (Phi) is 7.15. The molecule has 1 aromatic carbocycles. The van der Waals surface area contributed by atoms with Crippen LogP contribution in [0.25, 0.3) is 0 Å². The highest BCUT2D eigenvalue weighted by Crippen LogP contribution is 2.36. The van der Waals surface area contributed by atoms with Crippen molar-refractivity contribution in [3.8, 4) is 0 Å². The largest absolute Gasteiger partial charge is 0.500 e. The molecular formula is C22H31NO3S. The molecule has 0 spiro atoms. The van der Waals surface area contributed by atoms with Crippen LogP contribution < -0.4 is 0 Å². The number of carbonyl (C=O) groups excluding carboxylic acids is 2. The van der Waals surface area contributed by atoms with Gasteiger partial charge in [0.25, 0.3) is 5.91 Å². The highest BCUT2D eigenvalue weighted by molar-refractivity contribution is 7.80. The summed E-state index contributed by atoms with van der Waals surface area (Å²) in [7, 11) is 0. The van der Waals surface area contributed by atoms with E-state index in [1.807, 2.05) is 25.1 Å². The van der Waals surface area contributed by atoms with Crippen LogP contribution in [0.15, 0.2) is 30.3 Å². The minimum Gasteiger partial charge on any atom is -0.500 e. The van der Waals surface area contributed by atoms with Gasteiger partial charge in [-0.2, -0.15) is 0 Å². The topological polar surface area (TPSA) is 57.6 Å². The van der Waals surface area contributed by atoms with Gasteiger partial charge in [-0.3, -0.25) is 9.59 Å². The Hall–Kier alpha value is -1.75. The maximum absolute atomic E-state index is 13.1. The zero-order valence-corrected chi connectivity index (χ0v) is 17.5. The molecule has 1 amide bonds. The summed E-state index contributed by atoms with van der Waals surface area (Å²) in [6.07, 6.45) is 5.14. The predicted octanol–water partition coefficient (Wildman–Crippen LogP) is 4.65. The Balaban J connectivity index is 2.21. The van der Waals surface area contributed by atoms with E-state index in [0.29, 0.717) is 25.8 Å². The second-order valence-corrected chi connectivity index (χ2v) is 8.54. The predicted molar refractivity (Wildman–Crippen MR) is 112 cm³/mol. The fourth-order valence-electron chi connectivity index (χ4n) is 3.72. The van der Waals surface area contributed by atoms with Gasteiger partial charge >= 0.3 is 0 Å². The molecule has 1 aliphatic rings. The van der Waals surface area contributed by atoms with Crippen molar-refractivity contribution in [2.75, 3.05) is 6.54 Å². The number of carbonyl (C=O) groups is 2. The fourth-order valence-corrected chi connectivity index (χ4v) is 4.04. The van der Waals surface area contributed by atoms with Crippen LogP contribution in [0.3, 0.4) is 0 Å². The Morgan fingerprint density at radius 2 is 1.89 bits per heavy atom. The first-order chi connectivity index (χ1) is 12.7. The zero-order valence-electron chi connectivity index (χ0n) is 16.7. The lowest BCUT2D eigenvalue weighted by Gasteiger charge is -2.46. The SMILES string of the molecule is CCC(C)(C)C(=O)C(=O)N1CCCCC1(CCCc1ccccc1)C(O)=S. The van der Waals surface area contributed by atoms with Gasteiger partial charge in [0.15, 0.2) is 5.05 Å². The van der Waals surface area contributed by atoms with E-state index >= 15 is 0 Å². The van der Waals surface area contributed by atoms with E-state index in [0.717, 1.165) is 25.7 Å². The molecule has 4 nitrogen and oxygen atoms in total. The Morgan fingerprint density at radius 1 is 1.22 bits per heavy atom. The summed E-state index contributed by atoms with van der Waals surface area (Å²) in [5.41, 5.74) is -0.395. The van der Waals surface area contributed by atoms with Crippen LogP contribution in [0, 0.1) is 5.41 Å². The molecular weight excluding hydrogens is 358 g/mol. The van der Waals surface area contributed by atoms with Crippen LogP contribution in [0.4, 0.5) is 0 Å². The van der Waals surface area contributed by atoms with Gasteiger partial charge in [-0.05, 0) is 62.7 Å². The van der Waals surface area contributed by atoms with Crippen molar-refractivity contribution in [2.45, 2.75) is 71.3 Å². The molecule has 2 rings (SSSR count). The summed E-state index contributed by atoms with van der Waals surface area (Å²) in [6, 6.07) is 10.1. The first kappa shape index (κ1) is 21.5. The first-order valence-electron chi connectivity index (χ1n) is 9.88. The van der Waals surface area contributed by atoms with Crippen LogP contribution in [0.5, 0.6) is 0 Å². The van der Waals surface area contributed by atoms with Crippen LogP contribution >= 0.6 is 12.2 Å². The third kappa shape index (κ3) is 4.75. The summed E-state index contributed by atoms with van der Waals surface area (Å²) >= 11 is 5.21. The van der Waals surface area contributed by atoms with Gasteiger partial charge in [0.05, 0.1) is 0 Å². The summed E-state index contributed by atoms with van der Waals surface area (Å²) < 4.78 is 0. The van der Waals surface area contributed by atoms with Crippen molar-refractivity contribution in [2.24, 2.45) is 5.41 Å². The Morgan fingerprint density at radius 3 is 2.48 bits per heavy atom. The molecule has 148 valence electrons. The maximum Gasteiger partial charge on any atom is 0.291 e. The monoisotopic (exact) mass is 389 g/mol. The maximum atomic E-state index is 13.1. The number of nitrogens with zero attached hydrogens (tertiary/aromatic N) is 1. The molecule has 0 saturated carbocycles. The van der Waals surface area contributed by atoms with Gasteiger partial charge in [-0.25, -0.2) is 0 Å². The zero-order chi connectivity index (χ0) is 20.1. The molecule has 1 fully saturated rings. The van der Waals surface area contributed by atoms with Gasteiger partial charge in [0, 0.05) is 12.0 Å². The number of likely N-dealkylation sites (tertiary alicyclic amines) is 1. The third-order valence-corrected chi connectivity index (χ3v) is 6.35. The van der Waals surface area contributed by atoms with E-state index in [-0.39, 0.29) is 5.05 Å². The second-order valence-electron chi connectivity index (χ2n) is 8.16. The highest BCUT2D eigenvalue weighted by Gasteiger charge is 2.48. The normalized spacial score (nSPS) is 20.3. The van der Waals surface area contributed by atoms with Crippen LogP contribution in [0.1, 0.15) is 64.9 Å². The van der Waals surface area contributed by atoms with Gasteiger partial charge in [-0.1, -0.05) is 51.1 Å². The van der Waals surface area contributed by atoms with Crippen LogP contribution in [0.2, 0.25) is 0 Å². The molecule has 1 aliphatic heterocycles. The number of amides is 1. The minimum atomic E-state index is -0.904. The van der Waals surface area contributed by atoms with E-state index in [2.05, 4.69) is 12.1 Å². The molecule has 27 heavy (non-hydrogen) atoms. The average Bonchev–Trinajstić information content (AvgIpc) is 2.67. The molecule has 0 aromatic heterocycles. The number of aryl methyl sites for hydroxylation is 1. The lowest BCUT2D eigenvalue weighted by molar-refractivity contribution is -0.153. The quantitative estimate of drug-likeness (QED) is 0.519. The van der Waals surface area contributed by atoms with E-state index in [4.69, 9.17) is 12.2 Å². The molecule has 0 radical (unpaired) electrons. The number of rotatable bonds is 8. The van der Waals surface area contributed by atoms with Crippen molar-refractivity contribution in [1.29, 1.82) is 0 Å². The Bertz CT molecular complexity index is 686. The number of thiocarbonyl (C=S) groups is 1. The van der Waals surface area contributed by atoms with Crippen LogP contribution in [-0.2, 0) is 16.0 Å². The average molecular weight is 390 g/mol. The fraction of sp³-hybridized carbons (Fsp3) is 0.591. The van der Waals surface area contributed by atoms with Gasteiger partial charge < -0.3 is 10.0 Å². The number of aliphatic hydroxyl groups is 1. The minimum absolute atomic E-state index is 0.161. The van der Waals surface area contributed by atoms with Gasteiger partial charge in [0.2, 0.25) is 5.78 Å². The lowest BCUT2D eigenvalue weighted by Crippen LogP contribution is -2.61. The molecule has 1 saturated heterocycles. The summed E-state index contributed by atoms with van der Waals surface area (Å²) in [4.78, 5) is 27.4. The number of piperidine rings is 1. The van der Waals surface area contributed by atoms with Crippen LogP contribution in [-0.4, -0.2) is 38.8 Å². The molecule has 1 N–H and O–H groups in total. The van der Waals surface area contributed by atoms with Gasteiger partial charge in [-0.15, -0.1) is 0 Å². The summed E-state index contributed by atoms with van der Waals surface area (Å²) in [5.74, 6) is -0.895. The number of Topliss-reactive ketones (excluding diaryl/α,β-unsaturated/α-hetero) is 1. The van der Waals surface area contributed by atoms with Crippen molar-refractivity contribution < 1.29 is 14.7 Å². The van der Waals surface area contributed by atoms with E-state index in [1.165, 1.54) is 5.56 Å². The third-order valence-electron chi connectivity index (χ3n) is 5.97. The molecule has 1 aromatic rings. The molecule has 1 unspecified atom stereocenters. The van der Waals surface area contributed by atoms with Gasteiger partial charge in [0.1, 0.15) is 5.54 Å². The molecule has 1 heterocycles. The number of aliphatic hydroxyl groups excluding tert-OH is 1. The van der Waals surface area contributed by atoms with Crippen molar-refractivity contribution in [1.82, 2.24) is 4.90 Å². The van der Waals surface area contributed by atoms with E-state index in [9.17, 15) is 14.7 Å². The standard InChI is InChI=1S/C22H31NO3S/c1-4-21(2,3)18(24)19(25)23-16-9-8-14-22(23,20(26)27)15-10-13-17-11-6-5-7-12-17/h5-7,11-12H,4,8-10,13-16H2,1-3H3,(H,26,27). The van der Waals surface area contributed by atoms with Crippen molar-refractivity contribution in [3.63, 3.8) is 0 Å². The van der Waals surface area contributed by atoms with Crippen molar-refractivity contribution in [3.05, 3.63) is 35.9 Å². The lowest BCUT2D eigenvalue weighted by atomic mass is 9.79. The van der Waals surface area contributed by atoms with E-state index in [1.54, 1.807) is 18.7 Å². The first-order valence-corrected chi connectivity index (χ1v) is 10.3. The number of hydrogen-bond donors (Lipinski definition) is 1. The molecule has 0 bridgehead atoms.